The van der Waals surface area contributed by atoms with Crippen molar-refractivity contribution >= 4 is 12.9 Å². The van der Waals surface area contributed by atoms with Gasteiger partial charge in [-0.15, -0.1) is 9.32 Å². The van der Waals surface area contributed by atoms with Gasteiger partial charge in [-0.05, 0) is 12.8 Å². The van der Waals surface area contributed by atoms with E-state index in [2.05, 4.69) is 22.2 Å². The number of rotatable bonds is 2. The first-order chi connectivity index (χ1) is 3.93. The second kappa shape index (κ2) is 3.29. The van der Waals surface area contributed by atoms with Crippen molar-refractivity contribution < 1.29 is 9.32 Å². The quantitative estimate of drug-likeness (QED) is 0.262. The maximum absolute atomic E-state index is 4.60. The van der Waals surface area contributed by atoms with Gasteiger partial charge in [0, 0.05) is 26.0 Å². The van der Waals surface area contributed by atoms with Gasteiger partial charge in [0.05, 0.1) is 0 Å². The fourth-order valence-corrected chi connectivity index (χ4v) is 0.904. The topological polar surface area (TPSA) is 21.7 Å². The minimum atomic E-state index is 0.959. The number of thiol groups is 1. The zero-order valence-corrected chi connectivity index (χ0v) is 5.43. The molecule has 0 aromatic rings. The van der Waals surface area contributed by atoms with Crippen LogP contribution in [0.1, 0.15) is 12.8 Å². The smallest absolute Gasteiger partial charge is 0.0271 e. The summed E-state index contributed by atoms with van der Waals surface area (Å²) in [5.41, 5.74) is 0. The minimum absolute atomic E-state index is 0.959. The SMILES string of the molecule is SOON1CCCC1. The Morgan fingerprint density at radius 2 is 1.88 bits per heavy atom. The number of nitrogens with zero attached hydrogens (tertiary/aromatic N) is 1. The molecule has 3 nitrogen and oxygen atoms in total. The Kier molecular flexibility index (Phi) is 2.62. The highest BCUT2D eigenvalue weighted by Gasteiger charge is 2.11. The van der Waals surface area contributed by atoms with E-state index in [0.717, 1.165) is 13.1 Å². The standard InChI is InChI=1S/C4H9NO2S/c8-7-6-5-3-1-2-4-5/h8H,1-4H2. The van der Waals surface area contributed by atoms with Gasteiger partial charge in [0.1, 0.15) is 0 Å². The molecule has 1 aliphatic heterocycles. The van der Waals surface area contributed by atoms with E-state index in [0.29, 0.717) is 0 Å². The average molecular weight is 135 g/mol. The highest BCUT2D eigenvalue weighted by molar-refractivity contribution is 7.74. The molecular weight excluding hydrogens is 126 g/mol. The molecule has 0 unspecified atom stereocenters. The second-order valence-corrected chi connectivity index (χ2v) is 1.93. The molecule has 0 N–H and O–H groups in total. The third kappa shape index (κ3) is 1.63. The molecule has 0 saturated carbocycles. The van der Waals surface area contributed by atoms with E-state index in [9.17, 15) is 0 Å². The average Bonchev–Trinajstić information content (AvgIpc) is 2.19. The molecule has 0 atom stereocenters. The van der Waals surface area contributed by atoms with E-state index in [1.807, 2.05) is 0 Å². The second-order valence-electron chi connectivity index (χ2n) is 1.79. The molecule has 1 saturated heterocycles. The van der Waals surface area contributed by atoms with Gasteiger partial charge in [-0.2, -0.15) is 5.06 Å². The molecule has 1 rings (SSSR count). The van der Waals surface area contributed by atoms with Crippen molar-refractivity contribution in [1.82, 2.24) is 5.06 Å². The molecule has 0 aliphatic carbocycles. The van der Waals surface area contributed by atoms with E-state index in [1.54, 1.807) is 5.06 Å². The Labute approximate surface area is 54.1 Å². The fourth-order valence-electron chi connectivity index (χ4n) is 0.810. The number of hydroxylamine groups is 2. The van der Waals surface area contributed by atoms with Crippen molar-refractivity contribution in [3.05, 3.63) is 0 Å². The predicted molar refractivity (Wildman–Crippen MR) is 32.0 cm³/mol. The van der Waals surface area contributed by atoms with Crippen molar-refractivity contribution in [1.29, 1.82) is 0 Å². The normalized spacial score (nSPS) is 22.1. The molecule has 4 heteroatoms. The summed E-state index contributed by atoms with van der Waals surface area (Å²) in [4.78, 5) is 4.60. The maximum Gasteiger partial charge on any atom is 0.0271 e. The van der Waals surface area contributed by atoms with Crippen LogP contribution in [0.4, 0.5) is 0 Å². The molecule has 0 aromatic carbocycles. The lowest BCUT2D eigenvalue weighted by Gasteiger charge is -2.08. The zero-order valence-electron chi connectivity index (χ0n) is 4.54. The van der Waals surface area contributed by atoms with Gasteiger partial charge in [0.15, 0.2) is 0 Å². The van der Waals surface area contributed by atoms with Gasteiger partial charge in [-0.1, -0.05) is 0 Å². The lowest BCUT2D eigenvalue weighted by molar-refractivity contribution is -0.350. The monoisotopic (exact) mass is 135 g/mol. The Morgan fingerprint density at radius 1 is 1.25 bits per heavy atom. The van der Waals surface area contributed by atoms with E-state index in [4.69, 9.17) is 0 Å². The Bertz CT molecular complexity index is 65.1. The van der Waals surface area contributed by atoms with Crippen LogP contribution in [0.15, 0.2) is 0 Å². The lowest BCUT2D eigenvalue weighted by atomic mass is 10.4. The third-order valence-corrected chi connectivity index (χ3v) is 1.27. The molecule has 1 fully saturated rings. The predicted octanol–water partition coefficient (Wildman–Crippen LogP) is 0.790. The Morgan fingerprint density at radius 3 is 2.38 bits per heavy atom. The third-order valence-electron chi connectivity index (χ3n) is 1.20. The van der Waals surface area contributed by atoms with E-state index in [-0.39, 0.29) is 0 Å². The van der Waals surface area contributed by atoms with E-state index in [1.165, 1.54) is 12.8 Å². The summed E-state index contributed by atoms with van der Waals surface area (Å²) in [6.07, 6.45) is 2.38. The van der Waals surface area contributed by atoms with Crippen molar-refractivity contribution in [2.24, 2.45) is 0 Å². The first-order valence-electron chi connectivity index (χ1n) is 2.66. The van der Waals surface area contributed by atoms with E-state index < -0.39 is 0 Å². The van der Waals surface area contributed by atoms with Crippen LogP contribution >= 0.6 is 12.9 Å². The molecule has 1 aliphatic rings. The Hall–Kier alpha value is 0.230. The number of hydrogen-bond donors (Lipinski definition) is 1. The van der Waals surface area contributed by atoms with Crippen molar-refractivity contribution in [2.45, 2.75) is 12.8 Å². The molecule has 8 heavy (non-hydrogen) atoms. The van der Waals surface area contributed by atoms with Crippen LogP contribution in [-0.2, 0) is 9.32 Å². The summed E-state index contributed by atoms with van der Waals surface area (Å²) in [5, 5.41) is 1.74. The first kappa shape index (κ1) is 6.35. The van der Waals surface area contributed by atoms with Gasteiger partial charge in [0.25, 0.3) is 0 Å². The molecule has 48 valence electrons. The molecule has 0 amide bonds. The highest BCUT2D eigenvalue weighted by atomic mass is 32.1. The van der Waals surface area contributed by atoms with Crippen LogP contribution in [0.2, 0.25) is 0 Å². The summed E-state index contributed by atoms with van der Waals surface area (Å²) >= 11 is 3.43. The molecule has 0 bridgehead atoms. The Balaban J connectivity index is 2.06. The molecular formula is C4H9NO2S. The minimum Gasteiger partial charge on any atom is -0.156 e. The highest BCUT2D eigenvalue weighted by Crippen LogP contribution is 2.07. The molecule has 0 aromatic heterocycles. The molecule has 0 spiro atoms. The van der Waals surface area contributed by atoms with E-state index >= 15 is 0 Å². The number of hydrogen-bond acceptors (Lipinski definition) is 4. The lowest BCUT2D eigenvalue weighted by Crippen LogP contribution is -2.17. The van der Waals surface area contributed by atoms with Gasteiger partial charge >= 0.3 is 0 Å². The van der Waals surface area contributed by atoms with Crippen LogP contribution in [0.25, 0.3) is 0 Å². The van der Waals surface area contributed by atoms with Gasteiger partial charge in [-0.25, -0.2) is 0 Å². The summed E-state index contributed by atoms with van der Waals surface area (Å²) in [5.74, 6) is 0. The summed E-state index contributed by atoms with van der Waals surface area (Å²) in [6, 6.07) is 0. The van der Waals surface area contributed by atoms with Crippen LogP contribution in [0.5, 0.6) is 0 Å². The summed E-state index contributed by atoms with van der Waals surface area (Å²) in [6.45, 7) is 1.92. The van der Waals surface area contributed by atoms with Crippen molar-refractivity contribution in [2.75, 3.05) is 13.1 Å². The zero-order chi connectivity index (χ0) is 5.82. The summed E-state index contributed by atoms with van der Waals surface area (Å²) < 4.78 is 4.15. The molecule has 1 heterocycles. The largest absolute Gasteiger partial charge is 0.156 e. The van der Waals surface area contributed by atoms with Gasteiger partial charge in [-0.3, -0.25) is 0 Å². The van der Waals surface area contributed by atoms with Crippen LogP contribution in [-0.4, -0.2) is 18.2 Å². The van der Waals surface area contributed by atoms with Gasteiger partial charge in [0.2, 0.25) is 0 Å². The fraction of sp³-hybridized carbons (Fsp3) is 1.00. The maximum atomic E-state index is 4.60. The van der Waals surface area contributed by atoms with Crippen LogP contribution < -0.4 is 0 Å². The van der Waals surface area contributed by atoms with Crippen LogP contribution in [0, 0.1) is 0 Å². The molecule has 0 radical (unpaired) electrons. The van der Waals surface area contributed by atoms with Gasteiger partial charge < -0.3 is 0 Å². The van der Waals surface area contributed by atoms with Crippen LogP contribution in [0.3, 0.4) is 0 Å². The summed E-state index contributed by atoms with van der Waals surface area (Å²) in [7, 11) is 0. The first-order valence-corrected chi connectivity index (χ1v) is 3.03. The van der Waals surface area contributed by atoms with Crippen molar-refractivity contribution in [3.63, 3.8) is 0 Å². The van der Waals surface area contributed by atoms with Crippen molar-refractivity contribution in [3.8, 4) is 0 Å².